The normalized spacial score (nSPS) is 38.8. The average Bonchev–Trinajstić information content (AvgIpc) is 3.54. The second kappa shape index (κ2) is 6.78. The molecular formula is C29H33N3O3. The predicted octanol–water partition coefficient (Wildman–Crippen LogP) is 3.30. The summed E-state index contributed by atoms with van der Waals surface area (Å²) in [5.74, 6) is 2.15. The Bertz CT molecular complexity index is 1300. The number of amides is 1. The zero-order valence-corrected chi connectivity index (χ0v) is 20.1. The van der Waals surface area contributed by atoms with Gasteiger partial charge < -0.3 is 15.0 Å². The average molecular weight is 472 g/mol. The summed E-state index contributed by atoms with van der Waals surface area (Å²) in [7, 11) is 0. The molecule has 3 saturated carbocycles. The third-order valence-corrected chi connectivity index (χ3v) is 11.0. The molecule has 1 aromatic carbocycles. The van der Waals surface area contributed by atoms with Crippen molar-refractivity contribution < 1.29 is 9.90 Å². The van der Waals surface area contributed by atoms with E-state index < -0.39 is 0 Å². The Labute approximate surface area is 205 Å². The van der Waals surface area contributed by atoms with Crippen LogP contribution in [0.25, 0.3) is 0 Å². The van der Waals surface area contributed by atoms with Crippen molar-refractivity contribution in [1.82, 2.24) is 14.8 Å². The summed E-state index contributed by atoms with van der Waals surface area (Å²) in [5, 5.41) is 10.6. The minimum Gasteiger partial charge on any atom is -0.508 e. The van der Waals surface area contributed by atoms with Gasteiger partial charge in [0.2, 0.25) is 0 Å². The molecule has 2 saturated heterocycles. The number of H-pyrrole nitrogens is 1. The van der Waals surface area contributed by atoms with E-state index in [9.17, 15) is 14.7 Å². The molecule has 6 aliphatic rings. The molecule has 6 nitrogen and oxygen atoms in total. The fourth-order valence-electron chi connectivity index (χ4n) is 9.90. The molecule has 3 heterocycles. The lowest BCUT2D eigenvalue weighted by Gasteiger charge is -2.66. The van der Waals surface area contributed by atoms with Crippen LogP contribution >= 0.6 is 0 Å². The third kappa shape index (κ3) is 2.54. The van der Waals surface area contributed by atoms with Gasteiger partial charge in [0, 0.05) is 48.9 Å². The number of hydrogen-bond donors (Lipinski definition) is 2. The van der Waals surface area contributed by atoms with Gasteiger partial charge in [0.15, 0.2) is 5.43 Å². The molecule has 1 aromatic heterocycles. The molecule has 6 atom stereocenters. The van der Waals surface area contributed by atoms with E-state index in [1.54, 1.807) is 6.20 Å². The summed E-state index contributed by atoms with van der Waals surface area (Å²) in [6, 6.07) is 9.83. The fourth-order valence-corrected chi connectivity index (χ4v) is 9.90. The number of phenolic OH excluding ortho intramolecular Hbond substituents is 1. The lowest BCUT2D eigenvalue weighted by molar-refractivity contribution is -0.102. The number of nitrogens with one attached hydrogen (secondary N) is 1. The molecule has 182 valence electrons. The molecule has 4 bridgehead atoms. The molecule has 5 unspecified atom stereocenters. The Morgan fingerprint density at radius 3 is 2.86 bits per heavy atom. The van der Waals surface area contributed by atoms with Crippen LogP contribution < -0.4 is 5.43 Å². The number of pyridine rings is 1. The number of aromatic nitrogens is 1. The van der Waals surface area contributed by atoms with Crippen LogP contribution in [0.4, 0.5) is 0 Å². The number of carbonyl (C=O) groups is 1. The van der Waals surface area contributed by atoms with E-state index >= 15 is 0 Å². The highest BCUT2D eigenvalue weighted by molar-refractivity contribution is 5.92. The molecule has 4 aliphatic carbocycles. The van der Waals surface area contributed by atoms with Crippen LogP contribution in [0.2, 0.25) is 0 Å². The minimum absolute atomic E-state index is 0.0272. The summed E-state index contributed by atoms with van der Waals surface area (Å²) < 4.78 is 0. The first kappa shape index (κ1) is 20.6. The highest BCUT2D eigenvalue weighted by Gasteiger charge is 2.76. The maximum absolute atomic E-state index is 13.6. The van der Waals surface area contributed by atoms with Gasteiger partial charge in [-0.1, -0.05) is 6.07 Å². The standard InChI is InChI=1S/C29H33N3O3/c33-20-4-3-18-11-25-28-7-5-24-26(29(28,22(18)12-20)8-10-31(25)15-17-1-2-17)19(14-28)16-32(24)27(35)23-13-21(34)6-9-30-23/h3-4,6,9,12-13,17,19,24-26,33H,1-2,5,7-8,10-11,14-16H2,(H,30,34)/t19-,24?,25?,26?,28?,29?/m1/s1. The largest absolute Gasteiger partial charge is 0.508 e. The van der Waals surface area contributed by atoms with Gasteiger partial charge >= 0.3 is 0 Å². The Morgan fingerprint density at radius 2 is 2.03 bits per heavy atom. The van der Waals surface area contributed by atoms with E-state index in [4.69, 9.17) is 0 Å². The molecule has 2 aromatic rings. The number of benzene rings is 1. The molecular weight excluding hydrogens is 438 g/mol. The monoisotopic (exact) mass is 471 g/mol. The molecule has 0 spiro atoms. The van der Waals surface area contributed by atoms with Crippen LogP contribution in [-0.2, 0) is 11.8 Å². The summed E-state index contributed by atoms with van der Waals surface area (Å²) in [5.41, 5.74) is 3.38. The second-order valence-electron chi connectivity index (χ2n) is 12.4. The van der Waals surface area contributed by atoms with Crippen LogP contribution in [0.15, 0.2) is 41.3 Å². The van der Waals surface area contributed by atoms with Crippen LogP contribution in [0.1, 0.15) is 60.1 Å². The zero-order chi connectivity index (χ0) is 23.5. The summed E-state index contributed by atoms with van der Waals surface area (Å²) in [6.07, 6.45) is 9.97. The maximum Gasteiger partial charge on any atom is 0.270 e. The molecule has 35 heavy (non-hydrogen) atoms. The first-order valence-corrected chi connectivity index (χ1v) is 13.6. The number of phenols is 1. The van der Waals surface area contributed by atoms with Crippen molar-refractivity contribution in [3.8, 4) is 5.75 Å². The van der Waals surface area contributed by atoms with Crippen molar-refractivity contribution >= 4 is 5.91 Å². The van der Waals surface area contributed by atoms with E-state index in [1.807, 2.05) is 6.07 Å². The Kier molecular flexibility index (Phi) is 3.99. The number of piperidine rings is 1. The van der Waals surface area contributed by atoms with E-state index in [2.05, 4.69) is 26.9 Å². The smallest absolute Gasteiger partial charge is 0.270 e. The van der Waals surface area contributed by atoms with Crippen molar-refractivity contribution in [3.63, 3.8) is 0 Å². The van der Waals surface area contributed by atoms with E-state index in [0.717, 1.165) is 44.7 Å². The number of nitrogens with zero attached hydrogens (tertiary/aromatic N) is 2. The van der Waals surface area contributed by atoms with Gasteiger partial charge in [0.05, 0.1) is 0 Å². The van der Waals surface area contributed by atoms with Gasteiger partial charge in [0.25, 0.3) is 5.91 Å². The lowest BCUT2D eigenvalue weighted by atomic mass is 9.43. The fraction of sp³-hybridized carbons (Fsp3) is 0.586. The zero-order valence-electron chi connectivity index (χ0n) is 20.1. The van der Waals surface area contributed by atoms with Crippen molar-refractivity contribution in [2.75, 3.05) is 19.6 Å². The summed E-state index contributed by atoms with van der Waals surface area (Å²) in [4.78, 5) is 33.6. The van der Waals surface area contributed by atoms with Gasteiger partial charge in [-0.2, -0.15) is 0 Å². The van der Waals surface area contributed by atoms with Gasteiger partial charge in [-0.25, -0.2) is 0 Å². The van der Waals surface area contributed by atoms with Gasteiger partial charge in [-0.3, -0.25) is 14.5 Å². The highest BCUT2D eigenvalue weighted by Crippen LogP contribution is 2.75. The van der Waals surface area contributed by atoms with Gasteiger partial charge in [0.1, 0.15) is 11.4 Å². The number of rotatable bonds is 3. The molecule has 8 rings (SSSR count). The van der Waals surface area contributed by atoms with Crippen molar-refractivity contribution in [2.24, 2.45) is 23.2 Å². The van der Waals surface area contributed by atoms with Crippen LogP contribution in [0, 0.1) is 23.2 Å². The minimum atomic E-state index is -0.129. The van der Waals surface area contributed by atoms with Crippen LogP contribution in [-0.4, -0.2) is 57.5 Å². The van der Waals surface area contributed by atoms with Gasteiger partial charge in [-0.15, -0.1) is 0 Å². The van der Waals surface area contributed by atoms with Crippen molar-refractivity contribution in [3.05, 3.63) is 63.6 Å². The van der Waals surface area contributed by atoms with Crippen molar-refractivity contribution in [1.29, 1.82) is 0 Å². The van der Waals surface area contributed by atoms with Gasteiger partial charge in [-0.05, 0) is 97.9 Å². The predicted molar refractivity (Wildman–Crippen MR) is 131 cm³/mol. The first-order chi connectivity index (χ1) is 17.0. The van der Waals surface area contributed by atoms with Crippen LogP contribution in [0.3, 0.4) is 0 Å². The molecule has 2 N–H and O–H groups in total. The third-order valence-electron chi connectivity index (χ3n) is 11.0. The Morgan fingerprint density at radius 1 is 1.14 bits per heavy atom. The Balaban J connectivity index is 1.25. The van der Waals surface area contributed by atoms with Crippen molar-refractivity contribution in [2.45, 2.75) is 62.4 Å². The number of likely N-dealkylation sites (tertiary alicyclic amines) is 2. The number of hydrogen-bond acceptors (Lipinski definition) is 4. The topological polar surface area (TPSA) is 76.6 Å². The molecule has 2 aliphatic heterocycles. The lowest BCUT2D eigenvalue weighted by Crippen LogP contribution is -2.69. The molecule has 1 amide bonds. The Hall–Kier alpha value is -2.60. The van der Waals surface area contributed by atoms with E-state index in [-0.39, 0.29) is 28.2 Å². The molecule has 6 heteroatoms. The number of fused-ring (bicyclic) bond motifs is 1. The first-order valence-electron chi connectivity index (χ1n) is 13.6. The van der Waals surface area contributed by atoms with Crippen LogP contribution in [0.5, 0.6) is 5.75 Å². The maximum atomic E-state index is 13.6. The second-order valence-corrected chi connectivity index (χ2v) is 12.4. The molecule has 0 radical (unpaired) electrons. The number of carbonyl (C=O) groups excluding carboxylic acids is 1. The molecule has 5 fully saturated rings. The highest BCUT2D eigenvalue weighted by atomic mass is 16.3. The summed E-state index contributed by atoms with van der Waals surface area (Å²) in [6.45, 7) is 3.17. The summed E-state index contributed by atoms with van der Waals surface area (Å²) >= 11 is 0. The number of aromatic hydroxyl groups is 1. The van der Waals surface area contributed by atoms with E-state index in [0.29, 0.717) is 29.3 Å². The van der Waals surface area contributed by atoms with E-state index in [1.165, 1.54) is 49.1 Å². The number of aromatic amines is 1. The SMILES string of the molecule is O=C(c1cc(=O)cc[nH]1)N1C[C@H]2CC34CCC1C2C31CCN(CC2CC2)C4Cc2ccc(O)cc21. The quantitative estimate of drug-likeness (QED) is 0.720.